The fourth-order valence-electron chi connectivity index (χ4n) is 2.08. The Hall–Kier alpha value is -1.14. The highest BCUT2D eigenvalue weighted by molar-refractivity contribution is 5.32. The molecule has 17 heavy (non-hydrogen) atoms. The molecule has 0 unspecified atom stereocenters. The molecule has 0 atom stereocenters. The lowest BCUT2D eigenvalue weighted by Gasteiger charge is -2.26. The van der Waals surface area contributed by atoms with E-state index in [0.717, 1.165) is 57.9 Å². The van der Waals surface area contributed by atoms with Crippen LogP contribution in [-0.4, -0.2) is 52.7 Å². The number of nitrogens with zero attached hydrogens (tertiary/aromatic N) is 4. The van der Waals surface area contributed by atoms with Crippen LogP contribution in [0.4, 0.5) is 5.82 Å². The minimum Gasteiger partial charge on any atom is -0.381 e. The second-order valence-electron chi connectivity index (χ2n) is 4.35. The zero-order chi connectivity index (χ0) is 12.1. The number of rotatable bonds is 5. The number of ether oxygens (including phenoxy) is 1. The average Bonchev–Trinajstić information content (AvgIpc) is 2.70. The first-order valence-corrected chi connectivity index (χ1v) is 6.29. The van der Waals surface area contributed by atoms with E-state index in [2.05, 4.69) is 22.1 Å². The van der Waals surface area contributed by atoms with Gasteiger partial charge < -0.3 is 10.5 Å². The summed E-state index contributed by atoms with van der Waals surface area (Å²) in [5.41, 5.74) is 6.88. The SMILES string of the molecule is CCCc1c(N)nnn1CCN1CCOCC1. The normalized spacial score (nSPS) is 17.5. The zero-order valence-electron chi connectivity index (χ0n) is 10.4. The maximum Gasteiger partial charge on any atom is 0.169 e. The lowest BCUT2D eigenvalue weighted by Crippen LogP contribution is -2.38. The van der Waals surface area contributed by atoms with Gasteiger partial charge in [0.2, 0.25) is 0 Å². The quantitative estimate of drug-likeness (QED) is 0.792. The van der Waals surface area contributed by atoms with Gasteiger partial charge in [0.15, 0.2) is 5.82 Å². The number of nitrogen functional groups attached to an aromatic ring is 1. The van der Waals surface area contributed by atoms with Crippen LogP contribution in [0.25, 0.3) is 0 Å². The summed E-state index contributed by atoms with van der Waals surface area (Å²) in [6.45, 7) is 7.67. The molecule has 2 rings (SSSR count). The van der Waals surface area contributed by atoms with Crippen molar-refractivity contribution < 1.29 is 4.74 Å². The number of aromatic nitrogens is 3. The van der Waals surface area contributed by atoms with Crippen LogP contribution in [0.15, 0.2) is 0 Å². The first kappa shape index (κ1) is 12.3. The Labute approximate surface area is 102 Å². The number of anilines is 1. The number of hydrogen-bond acceptors (Lipinski definition) is 5. The fraction of sp³-hybridized carbons (Fsp3) is 0.818. The maximum atomic E-state index is 5.81. The van der Waals surface area contributed by atoms with Gasteiger partial charge in [0.1, 0.15) is 0 Å². The van der Waals surface area contributed by atoms with Gasteiger partial charge in [-0.15, -0.1) is 5.10 Å². The molecule has 1 aromatic rings. The molecule has 0 spiro atoms. The third-order valence-corrected chi connectivity index (χ3v) is 3.09. The van der Waals surface area contributed by atoms with Gasteiger partial charge in [-0.3, -0.25) is 4.90 Å². The van der Waals surface area contributed by atoms with Crippen molar-refractivity contribution in [2.45, 2.75) is 26.3 Å². The van der Waals surface area contributed by atoms with Crippen LogP contribution in [0.3, 0.4) is 0 Å². The van der Waals surface area contributed by atoms with Gasteiger partial charge in [-0.05, 0) is 6.42 Å². The van der Waals surface area contributed by atoms with E-state index in [1.165, 1.54) is 0 Å². The van der Waals surface area contributed by atoms with Crippen LogP contribution in [0.2, 0.25) is 0 Å². The van der Waals surface area contributed by atoms with E-state index >= 15 is 0 Å². The molecule has 2 N–H and O–H groups in total. The monoisotopic (exact) mass is 239 g/mol. The summed E-state index contributed by atoms with van der Waals surface area (Å²) in [5.74, 6) is 0.578. The molecule has 6 heteroatoms. The molecule has 1 aliphatic rings. The number of nitrogens with two attached hydrogens (primary N) is 1. The second-order valence-corrected chi connectivity index (χ2v) is 4.35. The molecular formula is C11H21N5O. The van der Waals surface area contributed by atoms with Crippen molar-refractivity contribution in [3.63, 3.8) is 0 Å². The molecule has 1 fully saturated rings. The highest BCUT2D eigenvalue weighted by atomic mass is 16.5. The fourth-order valence-corrected chi connectivity index (χ4v) is 2.08. The Morgan fingerprint density at radius 2 is 2.06 bits per heavy atom. The number of hydrogen-bond donors (Lipinski definition) is 1. The predicted molar refractivity (Wildman–Crippen MR) is 65.7 cm³/mol. The third kappa shape index (κ3) is 3.17. The molecule has 1 aromatic heterocycles. The third-order valence-electron chi connectivity index (χ3n) is 3.09. The average molecular weight is 239 g/mol. The van der Waals surface area contributed by atoms with Crippen molar-refractivity contribution in [1.29, 1.82) is 0 Å². The summed E-state index contributed by atoms with van der Waals surface area (Å²) in [7, 11) is 0. The standard InChI is InChI=1S/C11H21N5O/c1-2-3-10-11(12)13-14-16(10)5-4-15-6-8-17-9-7-15/h2-9,12H2,1H3. The molecule has 1 saturated heterocycles. The molecule has 96 valence electrons. The highest BCUT2D eigenvalue weighted by Crippen LogP contribution is 2.10. The van der Waals surface area contributed by atoms with E-state index < -0.39 is 0 Å². The summed E-state index contributed by atoms with van der Waals surface area (Å²) in [4.78, 5) is 2.39. The molecule has 2 heterocycles. The van der Waals surface area contributed by atoms with Crippen LogP contribution >= 0.6 is 0 Å². The van der Waals surface area contributed by atoms with Gasteiger partial charge >= 0.3 is 0 Å². The summed E-state index contributed by atoms with van der Waals surface area (Å²) >= 11 is 0. The first-order valence-electron chi connectivity index (χ1n) is 6.29. The minimum atomic E-state index is 0.578. The zero-order valence-corrected chi connectivity index (χ0v) is 10.4. The molecule has 0 radical (unpaired) electrons. The van der Waals surface area contributed by atoms with Crippen LogP contribution in [0, 0.1) is 0 Å². The molecule has 1 aliphatic heterocycles. The van der Waals surface area contributed by atoms with Gasteiger partial charge in [0, 0.05) is 19.6 Å². The molecule has 0 amide bonds. The van der Waals surface area contributed by atoms with Crippen molar-refractivity contribution in [3.05, 3.63) is 5.69 Å². The lowest BCUT2D eigenvalue weighted by molar-refractivity contribution is 0.0358. The second kappa shape index (κ2) is 5.97. The van der Waals surface area contributed by atoms with E-state index in [9.17, 15) is 0 Å². The Kier molecular flexibility index (Phi) is 4.33. The topological polar surface area (TPSA) is 69.2 Å². The summed E-state index contributed by atoms with van der Waals surface area (Å²) in [5, 5.41) is 8.05. The first-order chi connectivity index (χ1) is 8.31. The van der Waals surface area contributed by atoms with Crippen molar-refractivity contribution in [2.75, 3.05) is 38.6 Å². The van der Waals surface area contributed by atoms with Gasteiger partial charge in [-0.25, -0.2) is 4.68 Å². The maximum absolute atomic E-state index is 5.81. The van der Waals surface area contributed by atoms with Crippen molar-refractivity contribution >= 4 is 5.82 Å². The van der Waals surface area contributed by atoms with Crippen molar-refractivity contribution in [2.24, 2.45) is 0 Å². The van der Waals surface area contributed by atoms with Crippen LogP contribution in [0.1, 0.15) is 19.0 Å². The van der Waals surface area contributed by atoms with Crippen molar-refractivity contribution in [1.82, 2.24) is 19.9 Å². The Morgan fingerprint density at radius 1 is 1.29 bits per heavy atom. The van der Waals surface area contributed by atoms with E-state index in [4.69, 9.17) is 10.5 Å². The van der Waals surface area contributed by atoms with E-state index in [-0.39, 0.29) is 0 Å². The molecule has 0 aliphatic carbocycles. The van der Waals surface area contributed by atoms with Gasteiger partial charge in [-0.1, -0.05) is 18.6 Å². The molecule has 0 aromatic carbocycles. The van der Waals surface area contributed by atoms with Gasteiger partial charge in [0.05, 0.1) is 25.5 Å². The van der Waals surface area contributed by atoms with Crippen molar-refractivity contribution in [3.8, 4) is 0 Å². The molecule has 0 bridgehead atoms. The van der Waals surface area contributed by atoms with E-state index in [0.29, 0.717) is 5.82 Å². The van der Waals surface area contributed by atoms with Crippen LogP contribution < -0.4 is 5.73 Å². The molecule has 0 saturated carbocycles. The summed E-state index contributed by atoms with van der Waals surface area (Å²) in [6.07, 6.45) is 2.01. The van der Waals surface area contributed by atoms with Crippen LogP contribution in [0.5, 0.6) is 0 Å². The Morgan fingerprint density at radius 3 is 2.76 bits per heavy atom. The Balaban J connectivity index is 1.89. The Bertz CT molecular complexity index is 346. The lowest BCUT2D eigenvalue weighted by atomic mass is 10.2. The minimum absolute atomic E-state index is 0.578. The highest BCUT2D eigenvalue weighted by Gasteiger charge is 2.13. The summed E-state index contributed by atoms with van der Waals surface area (Å²) in [6, 6.07) is 0. The van der Waals surface area contributed by atoms with Gasteiger partial charge in [-0.2, -0.15) is 0 Å². The summed E-state index contributed by atoms with van der Waals surface area (Å²) < 4.78 is 7.26. The van der Waals surface area contributed by atoms with E-state index in [1.54, 1.807) is 0 Å². The smallest absolute Gasteiger partial charge is 0.169 e. The largest absolute Gasteiger partial charge is 0.381 e. The van der Waals surface area contributed by atoms with Crippen LogP contribution in [-0.2, 0) is 17.7 Å². The van der Waals surface area contributed by atoms with Gasteiger partial charge in [0.25, 0.3) is 0 Å². The van der Waals surface area contributed by atoms with E-state index in [1.807, 2.05) is 4.68 Å². The molecule has 6 nitrogen and oxygen atoms in total. The predicted octanol–water partition coefficient (Wildman–Crippen LogP) is 0.145. The molecular weight excluding hydrogens is 218 g/mol. The number of morpholine rings is 1.